The Hall–Kier alpha value is -1.10. The summed E-state index contributed by atoms with van der Waals surface area (Å²) in [6.07, 6.45) is 1.20. The molecule has 0 radical (unpaired) electrons. The topological polar surface area (TPSA) is 55.8 Å². The SMILES string of the molecule is CC(=O)OC1CCC(OC(C)=O)CN(C(C)(C)C)C1. The number of ether oxygens (including phenoxy) is 2. The van der Waals surface area contributed by atoms with E-state index >= 15 is 0 Å². The van der Waals surface area contributed by atoms with Crippen LogP contribution >= 0.6 is 0 Å². The lowest BCUT2D eigenvalue weighted by atomic mass is 10.1. The third-order valence-corrected chi connectivity index (χ3v) is 3.27. The molecular weight excluding hydrogens is 246 g/mol. The minimum atomic E-state index is -0.259. The number of esters is 2. The van der Waals surface area contributed by atoms with Crippen LogP contribution in [0.25, 0.3) is 0 Å². The first-order valence-corrected chi connectivity index (χ1v) is 6.78. The molecule has 1 aliphatic heterocycles. The Kier molecular flexibility index (Phi) is 5.35. The Labute approximate surface area is 115 Å². The van der Waals surface area contributed by atoms with Gasteiger partial charge >= 0.3 is 11.9 Å². The van der Waals surface area contributed by atoms with Gasteiger partial charge in [0, 0.05) is 32.5 Å². The van der Waals surface area contributed by atoms with E-state index in [1.807, 2.05) is 0 Å². The Bertz CT molecular complexity index is 309. The molecule has 110 valence electrons. The summed E-state index contributed by atoms with van der Waals surface area (Å²) in [6, 6.07) is 0. The molecule has 0 aromatic carbocycles. The highest BCUT2D eigenvalue weighted by atomic mass is 16.5. The number of carbonyl (C=O) groups is 2. The fourth-order valence-corrected chi connectivity index (χ4v) is 2.33. The Morgan fingerprint density at radius 2 is 1.32 bits per heavy atom. The van der Waals surface area contributed by atoms with Crippen LogP contribution in [0, 0.1) is 0 Å². The van der Waals surface area contributed by atoms with Crippen LogP contribution in [0.3, 0.4) is 0 Å². The van der Waals surface area contributed by atoms with Crippen molar-refractivity contribution in [3.8, 4) is 0 Å². The molecule has 2 atom stereocenters. The summed E-state index contributed by atoms with van der Waals surface area (Å²) >= 11 is 0. The average Bonchev–Trinajstić information content (AvgIpc) is 2.39. The minimum Gasteiger partial charge on any atom is -0.461 e. The van der Waals surface area contributed by atoms with E-state index < -0.39 is 0 Å². The van der Waals surface area contributed by atoms with Crippen LogP contribution in [-0.2, 0) is 19.1 Å². The van der Waals surface area contributed by atoms with Gasteiger partial charge in [0.25, 0.3) is 0 Å². The highest BCUT2D eigenvalue weighted by Gasteiger charge is 2.32. The van der Waals surface area contributed by atoms with Gasteiger partial charge in [0.1, 0.15) is 12.2 Å². The van der Waals surface area contributed by atoms with Crippen LogP contribution in [0.5, 0.6) is 0 Å². The van der Waals surface area contributed by atoms with Gasteiger partial charge in [-0.3, -0.25) is 14.5 Å². The van der Waals surface area contributed by atoms with Gasteiger partial charge in [0.15, 0.2) is 0 Å². The first-order valence-electron chi connectivity index (χ1n) is 6.78. The molecule has 0 N–H and O–H groups in total. The molecule has 5 nitrogen and oxygen atoms in total. The Balaban J connectivity index is 2.76. The smallest absolute Gasteiger partial charge is 0.302 e. The number of hydrogen-bond acceptors (Lipinski definition) is 5. The summed E-state index contributed by atoms with van der Waals surface area (Å²) in [7, 11) is 0. The number of hydrogen-bond donors (Lipinski definition) is 0. The molecular formula is C14H25NO4. The van der Waals surface area contributed by atoms with E-state index in [0.29, 0.717) is 13.1 Å². The van der Waals surface area contributed by atoms with Gasteiger partial charge in [-0.2, -0.15) is 0 Å². The zero-order valence-electron chi connectivity index (χ0n) is 12.6. The molecule has 5 heteroatoms. The molecule has 0 aliphatic carbocycles. The Morgan fingerprint density at radius 3 is 1.58 bits per heavy atom. The van der Waals surface area contributed by atoms with Crippen molar-refractivity contribution < 1.29 is 19.1 Å². The molecule has 2 unspecified atom stereocenters. The van der Waals surface area contributed by atoms with Gasteiger partial charge in [0.05, 0.1) is 0 Å². The van der Waals surface area contributed by atoms with Crippen molar-refractivity contribution in [3.63, 3.8) is 0 Å². The van der Waals surface area contributed by atoms with Crippen molar-refractivity contribution in [2.24, 2.45) is 0 Å². The number of rotatable bonds is 2. The predicted octanol–water partition coefficient (Wildman–Crippen LogP) is 1.74. The number of nitrogens with zero attached hydrogens (tertiary/aromatic N) is 1. The maximum atomic E-state index is 11.1. The predicted molar refractivity (Wildman–Crippen MR) is 71.7 cm³/mol. The van der Waals surface area contributed by atoms with E-state index in [-0.39, 0.29) is 29.7 Å². The number of likely N-dealkylation sites (tertiary alicyclic amines) is 1. The molecule has 0 aromatic heterocycles. The molecule has 0 bridgehead atoms. The van der Waals surface area contributed by atoms with Gasteiger partial charge < -0.3 is 9.47 Å². The van der Waals surface area contributed by atoms with Crippen LogP contribution in [0.2, 0.25) is 0 Å². The lowest BCUT2D eigenvalue weighted by Gasteiger charge is -2.37. The van der Waals surface area contributed by atoms with Crippen LogP contribution < -0.4 is 0 Å². The Morgan fingerprint density at radius 1 is 0.947 bits per heavy atom. The molecule has 1 fully saturated rings. The van der Waals surface area contributed by atoms with E-state index in [2.05, 4.69) is 25.7 Å². The zero-order valence-corrected chi connectivity index (χ0v) is 12.6. The summed E-state index contributed by atoms with van der Waals surface area (Å²) in [5, 5.41) is 0. The third-order valence-electron chi connectivity index (χ3n) is 3.27. The monoisotopic (exact) mass is 271 g/mol. The number of carbonyl (C=O) groups excluding carboxylic acids is 2. The summed E-state index contributed by atoms with van der Waals surface area (Å²) in [5.41, 5.74) is -0.0544. The van der Waals surface area contributed by atoms with Crippen LogP contribution in [0.15, 0.2) is 0 Å². The van der Waals surface area contributed by atoms with Crippen molar-refractivity contribution in [1.29, 1.82) is 0 Å². The van der Waals surface area contributed by atoms with E-state index in [1.54, 1.807) is 0 Å². The maximum Gasteiger partial charge on any atom is 0.302 e. The second-order valence-corrected chi connectivity index (χ2v) is 6.12. The fraction of sp³-hybridized carbons (Fsp3) is 0.857. The zero-order chi connectivity index (χ0) is 14.6. The quantitative estimate of drug-likeness (QED) is 0.716. The standard InChI is InChI=1S/C14H25NO4/c1-10(16)18-12-6-7-13(19-11(2)17)9-15(8-12)14(3,4)5/h12-13H,6-9H2,1-5H3. The first kappa shape index (κ1) is 16.0. The van der Waals surface area contributed by atoms with Gasteiger partial charge in [-0.25, -0.2) is 0 Å². The summed E-state index contributed by atoms with van der Waals surface area (Å²) in [4.78, 5) is 24.4. The summed E-state index contributed by atoms with van der Waals surface area (Å²) < 4.78 is 10.7. The largest absolute Gasteiger partial charge is 0.461 e. The molecule has 1 heterocycles. The summed E-state index contributed by atoms with van der Waals surface area (Å²) in [5.74, 6) is -0.519. The van der Waals surface area contributed by atoms with Gasteiger partial charge in [-0.15, -0.1) is 0 Å². The van der Waals surface area contributed by atoms with E-state index in [9.17, 15) is 9.59 Å². The van der Waals surface area contributed by atoms with Gasteiger partial charge in [-0.1, -0.05) is 0 Å². The molecule has 0 amide bonds. The third kappa shape index (κ3) is 5.59. The van der Waals surface area contributed by atoms with E-state index in [4.69, 9.17) is 9.47 Å². The second kappa shape index (κ2) is 6.37. The van der Waals surface area contributed by atoms with Gasteiger partial charge in [-0.05, 0) is 33.6 Å². The van der Waals surface area contributed by atoms with Crippen LogP contribution in [0.4, 0.5) is 0 Å². The lowest BCUT2D eigenvalue weighted by Crippen LogP contribution is -2.47. The lowest BCUT2D eigenvalue weighted by molar-refractivity contribution is -0.148. The van der Waals surface area contributed by atoms with E-state index in [0.717, 1.165) is 12.8 Å². The van der Waals surface area contributed by atoms with Crippen molar-refractivity contribution in [3.05, 3.63) is 0 Å². The van der Waals surface area contributed by atoms with Crippen LogP contribution in [0.1, 0.15) is 47.5 Å². The molecule has 1 saturated heterocycles. The molecule has 1 rings (SSSR count). The highest BCUT2D eigenvalue weighted by Crippen LogP contribution is 2.23. The van der Waals surface area contributed by atoms with Gasteiger partial charge in [0.2, 0.25) is 0 Å². The van der Waals surface area contributed by atoms with Crippen molar-refractivity contribution in [1.82, 2.24) is 4.90 Å². The van der Waals surface area contributed by atoms with Crippen molar-refractivity contribution >= 4 is 11.9 Å². The van der Waals surface area contributed by atoms with Crippen LogP contribution in [-0.4, -0.2) is 47.7 Å². The summed E-state index contributed by atoms with van der Waals surface area (Å²) in [6.45, 7) is 10.5. The molecule has 0 spiro atoms. The van der Waals surface area contributed by atoms with Crippen molar-refractivity contribution in [2.45, 2.75) is 65.2 Å². The molecule has 0 aromatic rings. The highest BCUT2D eigenvalue weighted by molar-refractivity contribution is 5.66. The second-order valence-electron chi connectivity index (χ2n) is 6.12. The van der Waals surface area contributed by atoms with Crippen molar-refractivity contribution in [2.75, 3.05) is 13.1 Å². The minimum absolute atomic E-state index is 0.0544. The maximum absolute atomic E-state index is 11.1. The van der Waals surface area contributed by atoms with E-state index in [1.165, 1.54) is 13.8 Å². The average molecular weight is 271 g/mol. The molecule has 1 aliphatic rings. The normalized spacial score (nSPS) is 25.5. The molecule has 0 saturated carbocycles. The first-order chi connectivity index (χ1) is 8.68. The molecule has 19 heavy (non-hydrogen) atoms. The fourth-order valence-electron chi connectivity index (χ4n) is 2.33.